The molecule has 98 valence electrons. The zero-order chi connectivity index (χ0) is 13.9. The highest BCUT2D eigenvalue weighted by Gasteiger charge is 2.09. The molecule has 1 aromatic heterocycles. The quantitative estimate of drug-likeness (QED) is 0.548. The van der Waals surface area contributed by atoms with Gasteiger partial charge in [0.15, 0.2) is 11.8 Å². The largest absolute Gasteiger partial charge is 0.370 e. The second kappa shape index (κ2) is 4.97. The summed E-state index contributed by atoms with van der Waals surface area (Å²) in [5.74, 6) is 0.400. The Morgan fingerprint density at radius 1 is 0.800 bits per heavy atom. The van der Waals surface area contributed by atoms with Crippen molar-refractivity contribution in [3.05, 3.63) is 54.6 Å². The van der Waals surface area contributed by atoms with Crippen LogP contribution in [0.4, 0.5) is 5.82 Å². The van der Waals surface area contributed by atoms with Crippen molar-refractivity contribution in [2.24, 2.45) is 16.5 Å². The van der Waals surface area contributed by atoms with Gasteiger partial charge in [0, 0.05) is 16.3 Å². The Kier molecular flexibility index (Phi) is 3.01. The fourth-order valence-corrected chi connectivity index (χ4v) is 2.10. The van der Waals surface area contributed by atoms with E-state index in [1.807, 2.05) is 54.6 Å². The molecule has 5 nitrogen and oxygen atoms in total. The van der Waals surface area contributed by atoms with Crippen molar-refractivity contribution >= 4 is 22.5 Å². The maximum atomic E-state index is 5.42. The van der Waals surface area contributed by atoms with E-state index < -0.39 is 0 Å². The van der Waals surface area contributed by atoms with Crippen LogP contribution in [0.2, 0.25) is 0 Å². The van der Waals surface area contributed by atoms with Crippen molar-refractivity contribution in [3.63, 3.8) is 0 Å². The summed E-state index contributed by atoms with van der Waals surface area (Å²) in [6.45, 7) is 0. The Labute approximate surface area is 116 Å². The first-order valence-corrected chi connectivity index (χ1v) is 6.16. The lowest BCUT2D eigenvalue weighted by Crippen LogP contribution is -2.22. The van der Waals surface area contributed by atoms with Crippen LogP contribution in [0.5, 0.6) is 0 Å². The lowest BCUT2D eigenvalue weighted by atomic mass is 10.0. The average molecular weight is 263 g/mol. The van der Waals surface area contributed by atoms with Crippen LogP contribution in [0, 0.1) is 0 Å². The maximum absolute atomic E-state index is 5.42. The van der Waals surface area contributed by atoms with E-state index in [1.54, 1.807) is 0 Å². The lowest BCUT2D eigenvalue weighted by Gasteiger charge is -2.06. The molecule has 0 radical (unpaired) electrons. The number of aliphatic imine (C=N–C) groups is 1. The Bertz CT molecular complexity index is 777. The first-order valence-electron chi connectivity index (χ1n) is 6.16. The smallest absolute Gasteiger partial charge is 0.192 e. The van der Waals surface area contributed by atoms with Gasteiger partial charge in [-0.25, -0.2) is 0 Å². The summed E-state index contributed by atoms with van der Waals surface area (Å²) in [6.07, 6.45) is 0. The fraction of sp³-hybridized carbons (Fsp3) is 0. The first-order chi connectivity index (χ1) is 9.75. The van der Waals surface area contributed by atoms with E-state index in [1.165, 1.54) is 0 Å². The van der Waals surface area contributed by atoms with Crippen LogP contribution >= 0.6 is 0 Å². The van der Waals surface area contributed by atoms with Gasteiger partial charge in [-0.15, -0.1) is 10.2 Å². The highest BCUT2D eigenvalue weighted by atomic mass is 15.2. The summed E-state index contributed by atoms with van der Waals surface area (Å²) in [7, 11) is 0. The maximum Gasteiger partial charge on any atom is 0.192 e. The highest BCUT2D eigenvalue weighted by Crippen LogP contribution is 2.30. The fourth-order valence-electron chi connectivity index (χ4n) is 2.10. The average Bonchev–Trinajstić information content (AvgIpc) is 2.48. The van der Waals surface area contributed by atoms with Crippen molar-refractivity contribution in [1.29, 1.82) is 0 Å². The molecule has 0 aliphatic carbocycles. The molecule has 1 heterocycles. The van der Waals surface area contributed by atoms with Crippen molar-refractivity contribution in [2.45, 2.75) is 0 Å². The Balaban J connectivity index is 2.30. The molecule has 0 saturated heterocycles. The number of hydrogen-bond donors (Lipinski definition) is 2. The molecule has 0 aliphatic heterocycles. The molecule has 0 bridgehead atoms. The zero-order valence-corrected chi connectivity index (χ0v) is 10.7. The van der Waals surface area contributed by atoms with Crippen LogP contribution in [0.3, 0.4) is 0 Å². The molecule has 0 amide bonds. The minimum atomic E-state index is -0.0306. The van der Waals surface area contributed by atoms with Gasteiger partial charge in [-0.1, -0.05) is 54.6 Å². The molecule has 0 spiro atoms. The van der Waals surface area contributed by atoms with Crippen molar-refractivity contribution in [3.8, 4) is 11.3 Å². The second-order valence-corrected chi connectivity index (χ2v) is 4.32. The summed E-state index contributed by atoms with van der Waals surface area (Å²) in [5.41, 5.74) is 12.7. The van der Waals surface area contributed by atoms with Gasteiger partial charge >= 0.3 is 0 Å². The van der Waals surface area contributed by atoms with Crippen LogP contribution in [-0.2, 0) is 0 Å². The molecule has 0 aliphatic rings. The van der Waals surface area contributed by atoms with E-state index >= 15 is 0 Å². The Morgan fingerprint density at radius 3 is 2.15 bits per heavy atom. The van der Waals surface area contributed by atoms with E-state index in [4.69, 9.17) is 11.5 Å². The zero-order valence-electron chi connectivity index (χ0n) is 10.7. The second-order valence-electron chi connectivity index (χ2n) is 4.32. The molecule has 3 rings (SSSR count). The third-order valence-corrected chi connectivity index (χ3v) is 2.95. The third-order valence-electron chi connectivity index (χ3n) is 2.95. The minimum Gasteiger partial charge on any atom is -0.370 e. The van der Waals surface area contributed by atoms with Crippen LogP contribution in [0.25, 0.3) is 22.0 Å². The molecule has 20 heavy (non-hydrogen) atoms. The van der Waals surface area contributed by atoms with Crippen LogP contribution < -0.4 is 11.5 Å². The van der Waals surface area contributed by atoms with Gasteiger partial charge in [-0.05, 0) is 0 Å². The number of nitrogens with two attached hydrogens (primary N) is 2. The first kappa shape index (κ1) is 12.1. The van der Waals surface area contributed by atoms with Gasteiger partial charge in [-0.3, -0.25) is 0 Å². The van der Waals surface area contributed by atoms with Crippen molar-refractivity contribution < 1.29 is 0 Å². The third kappa shape index (κ3) is 2.16. The number of hydrogen-bond acceptors (Lipinski definition) is 3. The molecular weight excluding hydrogens is 250 g/mol. The number of guanidine groups is 1. The van der Waals surface area contributed by atoms with Gasteiger partial charge in [0.05, 0.1) is 0 Å². The predicted molar refractivity (Wildman–Crippen MR) is 80.4 cm³/mol. The number of rotatable bonds is 2. The summed E-state index contributed by atoms with van der Waals surface area (Å²) in [4.78, 5) is 4.02. The number of aromatic nitrogens is 2. The Hall–Kier alpha value is -2.95. The van der Waals surface area contributed by atoms with Gasteiger partial charge in [0.25, 0.3) is 0 Å². The number of benzene rings is 2. The van der Waals surface area contributed by atoms with Crippen molar-refractivity contribution in [2.75, 3.05) is 0 Å². The van der Waals surface area contributed by atoms with Crippen LogP contribution in [0.15, 0.2) is 59.6 Å². The lowest BCUT2D eigenvalue weighted by molar-refractivity contribution is 1.05. The van der Waals surface area contributed by atoms with E-state index in [2.05, 4.69) is 15.2 Å². The molecule has 4 N–H and O–H groups in total. The molecule has 0 fully saturated rings. The Morgan fingerprint density at radius 2 is 1.45 bits per heavy atom. The normalized spacial score (nSPS) is 10.4. The summed E-state index contributed by atoms with van der Waals surface area (Å²) >= 11 is 0. The van der Waals surface area contributed by atoms with Crippen LogP contribution in [0.1, 0.15) is 0 Å². The molecule has 0 unspecified atom stereocenters. The minimum absolute atomic E-state index is 0.0306. The molecule has 0 atom stereocenters. The molecule has 5 heteroatoms. The predicted octanol–water partition coefficient (Wildman–Crippen LogP) is 2.20. The van der Waals surface area contributed by atoms with E-state index in [0.717, 1.165) is 22.0 Å². The van der Waals surface area contributed by atoms with Gasteiger partial charge < -0.3 is 11.5 Å². The number of nitrogens with zero attached hydrogens (tertiary/aromatic N) is 3. The van der Waals surface area contributed by atoms with E-state index in [9.17, 15) is 0 Å². The standard InChI is InChI=1S/C15H13N5/c16-15(17)18-14-12-9-5-4-8-11(12)13(19-20-14)10-6-2-1-3-7-10/h1-9H,(H4,16,17,18,20). The highest BCUT2D eigenvalue weighted by molar-refractivity contribution is 6.00. The summed E-state index contributed by atoms with van der Waals surface area (Å²) < 4.78 is 0. The monoisotopic (exact) mass is 263 g/mol. The summed E-state index contributed by atoms with van der Waals surface area (Å²) in [6, 6.07) is 17.7. The van der Waals surface area contributed by atoms with E-state index in [0.29, 0.717) is 5.82 Å². The molecule has 0 saturated carbocycles. The molecule has 2 aromatic carbocycles. The number of fused-ring (bicyclic) bond motifs is 1. The topological polar surface area (TPSA) is 90.2 Å². The molecule has 3 aromatic rings. The molecular formula is C15H13N5. The van der Waals surface area contributed by atoms with E-state index in [-0.39, 0.29) is 5.96 Å². The van der Waals surface area contributed by atoms with Gasteiger partial charge in [0.2, 0.25) is 0 Å². The van der Waals surface area contributed by atoms with Crippen molar-refractivity contribution in [1.82, 2.24) is 10.2 Å². The summed E-state index contributed by atoms with van der Waals surface area (Å²) in [5, 5.41) is 10.2. The SMILES string of the molecule is NC(N)=Nc1nnc(-c2ccccc2)c2ccccc12. The van der Waals surface area contributed by atoms with Crippen LogP contribution in [-0.4, -0.2) is 16.2 Å². The van der Waals surface area contributed by atoms with Gasteiger partial charge in [0.1, 0.15) is 5.69 Å². The van der Waals surface area contributed by atoms with Gasteiger partial charge in [-0.2, -0.15) is 4.99 Å².